The van der Waals surface area contributed by atoms with E-state index in [1.54, 1.807) is 0 Å². The Balaban J connectivity index is 1.16. The zero-order valence-corrected chi connectivity index (χ0v) is 18.1. The lowest BCUT2D eigenvalue weighted by molar-refractivity contribution is -0.897. The molecule has 4 saturated carbocycles. The van der Waals surface area contributed by atoms with Crippen molar-refractivity contribution in [1.82, 2.24) is 10.6 Å². The maximum Gasteiger partial charge on any atom is 0.275 e. The van der Waals surface area contributed by atoms with Crippen LogP contribution in [0.1, 0.15) is 64.7 Å². The van der Waals surface area contributed by atoms with Crippen LogP contribution in [0.2, 0.25) is 0 Å². The minimum absolute atomic E-state index is 0.0416. The molecule has 1 saturated heterocycles. The number of likely N-dealkylation sites (tertiary alicyclic amines) is 1. The van der Waals surface area contributed by atoms with Gasteiger partial charge in [0.2, 0.25) is 5.91 Å². The van der Waals surface area contributed by atoms with Crippen molar-refractivity contribution in [3.63, 3.8) is 0 Å². The van der Waals surface area contributed by atoms with Crippen molar-refractivity contribution in [2.45, 2.75) is 70.8 Å². The summed E-state index contributed by atoms with van der Waals surface area (Å²) in [6.07, 6.45) is 10.4. The summed E-state index contributed by atoms with van der Waals surface area (Å²) in [5.41, 5.74) is -0.0416. The molecule has 0 aromatic carbocycles. The Hall–Kier alpha value is -1.14. The monoisotopic (exact) mass is 406 g/mol. The Labute approximate surface area is 175 Å². The van der Waals surface area contributed by atoms with Crippen LogP contribution < -0.4 is 15.5 Å². The number of carbonyl (C=O) groups excluding carboxylic acids is 2. The van der Waals surface area contributed by atoms with Crippen LogP contribution in [0.5, 0.6) is 0 Å². The van der Waals surface area contributed by atoms with Crippen molar-refractivity contribution in [2.75, 3.05) is 39.4 Å². The standard InChI is InChI=1S/C23H39N3O3/c1-2-29-9-3-6-24-21(27)16-26-7-4-20(5-8-26)25-22(28)23-13-17-10-18(14-23)12-19(11-17)15-23/h17-20H,2-16H2,1H3,(H,24,27)(H,25,28)/p+1. The number of ether oxygens (including phenoxy) is 1. The third-order valence-electron chi connectivity index (χ3n) is 7.95. The minimum atomic E-state index is -0.0416. The molecule has 0 aromatic rings. The zero-order valence-electron chi connectivity index (χ0n) is 18.1. The van der Waals surface area contributed by atoms with Gasteiger partial charge in [0.15, 0.2) is 6.54 Å². The summed E-state index contributed by atoms with van der Waals surface area (Å²) in [6.45, 7) is 6.60. The van der Waals surface area contributed by atoms with Crippen molar-refractivity contribution < 1.29 is 19.2 Å². The number of rotatable bonds is 9. The van der Waals surface area contributed by atoms with Crippen molar-refractivity contribution >= 4 is 11.8 Å². The van der Waals surface area contributed by atoms with Crippen LogP contribution in [-0.2, 0) is 14.3 Å². The first-order chi connectivity index (χ1) is 14.1. The lowest BCUT2D eigenvalue weighted by Gasteiger charge is -2.56. The van der Waals surface area contributed by atoms with E-state index >= 15 is 0 Å². The Bertz CT molecular complexity index is 551. The molecule has 29 heavy (non-hydrogen) atoms. The number of amides is 2. The van der Waals surface area contributed by atoms with E-state index in [1.165, 1.54) is 24.2 Å². The van der Waals surface area contributed by atoms with E-state index in [0.717, 1.165) is 76.0 Å². The van der Waals surface area contributed by atoms with E-state index in [1.807, 2.05) is 6.92 Å². The molecular weight excluding hydrogens is 366 g/mol. The van der Waals surface area contributed by atoms with Gasteiger partial charge in [-0.25, -0.2) is 0 Å². The first-order valence-corrected chi connectivity index (χ1v) is 12.1. The fourth-order valence-electron chi connectivity index (χ4n) is 6.91. The topological polar surface area (TPSA) is 71.9 Å². The zero-order chi connectivity index (χ0) is 20.3. The smallest absolute Gasteiger partial charge is 0.275 e. The number of hydrogen-bond acceptors (Lipinski definition) is 3. The largest absolute Gasteiger partial charge is 0.382 e. The fraction of sp³-hybridized carbons (Fsp3) is 0.913. The lowest BCUT2D eigenvalue weighted by atomic mass is 9.49. The van der Waals surface area contributed by atoms with E-state index in [-0.39, 0.29) is 11.3 Å². The Kier molecular flexibility index (Phi) is 6.80. The van der Waals surface area contributed by atoms with Crippen LogP contribution in [0.25, 0.3) is 0 Å². The van der Waals surface area contributed by atoms with Crippen LogP contribution in [0, 0.1) is 23.2 Å². The van der Waals surface area contributed by atoms with Gasteiger partial charge in [-0.1, -0.05) is 0 Å². The van der Waals surface area contributed by atoms with Gasteiger partial charge in [-0.05, 0) is 69.6 Å². The van der Waals surface area contributed by atoms with Gasteiger partial charge < -0.3 is 20.3 Å². The van der Waals surface area contributed by atoms with E-state index < -0.39 is 0 Å². The molecule has 0 spiro atoms. The van der Waals surface area contributed by atoms with Crippen LogP contribution in [0.3, 0.4) is 0 Å². The molecule has 3 N–H and O–H groups in total. The Morgan fingerprint density at radius 3 is 2.24 bits per heavy atom. The van der Waals surface area contributed by atoms with Gasteiger partial charge in [0, 0.05) is 44.1 Å². The molecule has 5 aliphatic rings. The molecule has 4 aliphatic carbocycles. The highest BCUT2D eigenvalue weighted by Crippen LogP contribution is 2.60. The van der Waals surface area contributed by atoms with E-state index in [9.17, 15) is 9.59 Å². The second kappa shape index (κ2) is 9.34. The SMILES string of the molecule is CCOCCCNC(=O)C[NH+]1CCC(NC(=O)C23CC4CC(CC(C4)C2)C3)CC1. The van der Waals surface area contributed by atoms with Crippen molar-refractivity contribution in [3.05, 3.63) is 0 Å². The van der Waals surface area contributed by atoms with E-state index in [0.29, 0.717) is 31.6 Å². The summed E-state index contributed by atoms with van der Waals surface area (Å²) in [5, 5.41) is 6.43. The van der Waals surface area contributed by atoms with Crippen LogP contribution in [-0.4, -0.2) is 57.2 Å². The number of hydrogen-bond donors (Lipinski definition) is 3. The molecule has 1 heterocycles. The number of quaternary nitrogens is 1. The van der Waals surface area contributed by atoms with Crippen LogP contribution in [0.15, 0.2) is 0 Å². The summed E-state index contributed by atoms with van der Waals surface area (Å²) >= 11 is 0. The lowest BCUT2D eigenvalue weighted by Crippen LogP contribution is -3.14. The summed E-state index contributed by atoms with van der Waals surface area (Å²) in [5.74, 6) is 2.92. The average molecular weight is 407 g/mol. The maximum atomic E-state index is 13.2. The second-order valence-corrected chi connectivity index (χ2v) is 10.3. The fourth-order valence-corrected chi connectivity index (χ4v) is 6.91. The molecule has 0 atom stereocenters. The number of nitrogens with one attached hydrogen (secondary N) is 3. The predicted molar refractivity (Wildman–Crippen MR) is 111 cm³/mol. The van der Waals surface area contributed by atoms with Crippen LogP contribution >= 0.6 is 0 Å². The summed E-state index contributed by atoms with van der Waals surface area (Å²) in [4.78, 5) is 26.7. The Morgan fingerprint density at radius 2 is 1.66 bits per heavy atom. The molecule has 6 nitrogen and oxygen atoms in total. The van der Waals surface area contributed by atoms with Crippen molar-refractivity contribution in [2.24, 2.45) is 23.2 Å². The van der Waals surface area contributed by atoms with Gasteiger partial charge in [0.1, 0.15) is 0 Å². The maximum absolute atomic E-state index is 13.2. The summed E-state index contributed by atoms with van der Waals surface area (Å²) in [6, 6.07) is 0.300. The molecule has 0 radical (unpaired) electrons. The third kappa shape index (κ3) is 5.13. The molecule has 5 fully saturated rings. The van der Waals surface area contributed by atoms with Gasteiger partial charge >= 0.3 is 0 Å². The van der Waals surface area contributed by atoms with Gasteiger partial charge in [0.05, 0.1) is 13.1 Å². The molecule has 2 amide bonds. The second-order valence-electron chi connectivity index (χ2n) is 10.3. The van der Waals surface area contributed by atoms with Crippen molar-refractivity contribution in [1.29, 1.82) is 0 Å². The Morgan fingerprint density at radius 1 is 1.03 bits per heavy atom. The third-order valence-corrected chi connectivity index (χ3v) is 7.95. The average Bonchev–Trinajstić information content (AvgIpc) is 2.68. The van der Waals surface area contributed by atoms with E-state index in [4.69, 9.17) is 4.74 Å². The minimum Gasteiger partial charge on any atom is -0.382 e. The van der Waals surface area contributed by atoms with Crippen molar-refractivity contribution in [3.8, 4) is 0 Å². The summed E-state index contributed by atoms with van der Waals surface area (Å²) in [7, 11) is 0. The molecule has 164 valence electrons. The normalized spacial score (nSPS) is 38.0. The molecule has 5 rings (SSSR count). The van der Waals surface area contributed by atoms with Crippen LogP contribution in [0.4, 0.5) is 0 Å². The molecule has 0 aromatic heterocycles. The predicted octanol–water partition coefficient (Wildman–Crippen LogP) is 0.909. The highest BCUT2D eigenvalue weighted by atomic mass is 16.5. The van der Waals surface area contributed by atoms with Gasteiger partial charge in [-0.15, -0.1) is 0 Å². The molecule has 0 unspecified atom stereocenters. The number of carbonyl (C=O) groups is 2. The summed E-state index contributed by atoms with van der Waals surface area (Å²) < 4.78 is 5.29. The molecule has 6 heteroatoms. The molecular formula is C23H40N3O3+. The highest BCUT2D eigenvalue weighted by molar-refractivity contribution is 5.83. The van der Waals surface area contributed by atoms with Gasteiger partial charge in [-0.3, -0.25) is 9.59 Å². The number of piperidine rings is 1. The molecule has 4 bridgehead atoms. The van der Waals surface area contributed by atoms with E-state index in [2.05, 4.69) is 10.6 Å². The molecule has 1 aliphatic heterocycles. The first-order valence-electron chi connectivity index (χ1n) is 12.1. The quantitative estimate of drug-likeness (QED) is 0.499. The first kappa shape index (κ1) is 21.1. The van der Waals surface area contributed by atoms with Gasteiger partial charge in [-0.2, -0.15) is 0 Å². The van der Waals surface area contributed by atoms with Gasteiger partial charge in [0.25, 0.3) is 5.91 Å². The highest BCUT2D eigenvalue weighted by Gasteiger charge is 2.54.